The number of benzene rings is 1. The third-order valence-corrected chi connectivity index (χ3v) is 4.16. The third kappa shape index (κ3) is 7.74. The standard InChI is InChI=1S/C19H28N4O3.HI/c1-3-20-19(21-12-8-7-11-18(25)26-2)22-15-13-17(24)23(14-15)16-9-5-4-6-10-16;/h4-6,9-10,15H,3,7-8,11-14H2,1-2H3,(H2,20,21,22);1H. The summed E-state index contributed by atoms with van der Waals surface area (Å²) in [5.74, 6) is 0.630. The van der Waals surface area contributed by atoms with Crippen molar-refractivity contribution in [1.29, 1.82) is 0 Å². The molecule has 1 aliphatic heterocycles. The van der Waals surface area contributed by atoms with E-state index in [1.54, 1.807) is 4.90 Å². The zero-order valence-electron chi connectivity index (χ0n) is 15.9. The molecule has 2 rings (SSSR count). The highest BCUT2D eigenvalue weighted by Gasteiger charge is 2.30. The van der Waals surface area contributed by atoms with Crippen LogP contribution in [0.4, 0.5) is 5.69 Å². The summed E-state index contributed by atoms with van der Waals surface area (Å²) < 4.78 is 4.63. The van der Waals surface area contributed by atoms with Gasteiger partial charge in [0, 0.05) is 38.2 Å². The molecule has 0 aromatic heterocycles. The number of esters is 1. The van der Waals surface area contributed by atoms with E-state index in [-0.39, 0.29) is 41.9 Å². The molecule has 8 heteroatoms. The van der Waals surface area contributed by atoms with Crippen LogP contribution in [0.1, 0.15) is 32.6 Å². The lowest BCUT2D eigenvalue weighted by molar-refractivity contribution is -0.140. The molecule has 1 atom stereocenters. The Labute approximate surface area is 178 Å². The predicted octanol–water partition coefficient (Wildman–Crippen LogP) is 2.31. The molecular weight excluding hydrogens is 459 g/mol. The fourth-order valence-electron chi connectivity index (χ4n) is 2.85. The number of methoxy groups -OCH3 is 1. The SMILES string of the molecule is CCNC(=NCCCCC(=O)OC)NC1CC(=O)N(c2ccccc2)C1.I. The monoisotopic (exact) mass is 488 g/mol. The number of para-hydroxylation sites is 1. The molecule has 1 aromatic carbocycles. The van der Waals surface area contributed by atoms with Gasteiger partial charge in [0.25, 0.3) is 0 Å². The van der Waals surface area contributed by atoms with Crippen LogP contribution in [0.3, 0.4) is 0 Å². The van der Waals surface area contributed by atoms with Crippen LogP contribution in [0.5, 0.6) is 0 Å². The first-order chi connectivity index (χ1) is 12.6. The Kier molecular flexibility index (Phi) is 10.8. The largest absolute Gasteiger partial charge is 0.469 e. The van der Waals surface area contributed by atoms with Crippen molar-refractivity contribution in [2.24, 2.45) is 4.99 Å². The fourth-order valence-corrected chi connectivity index (χ4v) is 2.85. The van der Waals surface area contributed by atoms with Gasteiger partial charge in [-0.15, -0.1) is 24.0 Å². The summed E-state index contributed by atoms with van der Waals surface area (Å²) >= 11 is 0. The number of nitrogens with one attached hydrogen (secondary N) is 2. The van der Waals surface area contributed by atoms with Gasteiger partial charge in [0.2, 0.25) is 5.91 Å². The van der Waals surface area contributed by atoms with E-state index < -0.39 is 0 Å². The Morgan fingerprint density at radius 1 is 1.30 bits per heavy atom. The number of ether oxygens (including phenoxy) is 1. The lowest BCUT2D eigenvalue weighted by Gasteiger charge is -2.19. The maximum atomic E-state index is 12.3. The van der Waals surface area contributed by atoms with Gasteiger partial charge in [0.1, 0.15) is 0 Å². The smallest absolute Gasteiger partial charge is 0.305 e. The Morgan fingerprint density at radius 2 is 2.04 bits per heavy atom. The third-order valence-electron chi connectivity index (χ3n) is 4.16. The summed E-state index contributed by atoms with van der Waals surface area (Å²) in [7, 11) is 1.40. The van der Waals surface area contributed by atoms with E-state index in [1.807, 2.05) is 37.3 Å². The van der Waals surface area contributed by atoms with Gasteiger partial charge in [0.05, 0.1) is 13.2 Å². The summed E-state index contributed by atoms with van der Waals surface area (Å²) in [6.45, 7) is 3.99. The number of unbranched alkanes of at least 4 members (excludes halogenated alkanes) is 1. The summed E-state index contributed by atoms with van der Waals surface area (Å²) in [5.41, 5.74) is 0.923. The maximum Gasteiger partial charge on any atom is 0.305 e. The number of nitrogens with zero attached hydrogens (tertiary/aromatic N) is 2. The van der Waals surface area contributed by atoms with E-state index >= 15 is 0 Å². The topological polar surface area (TPSA) is 83.0 Å². The molecule has 7 nitrogen and oxygen atoms in total. The highest BCUT2D eigenvalue weighted by Crippen LogP contribution is 2.20. The van der Waals surface area contributed by atoms with Crippen LogP contribution in [0.25, 0.3) is 0 Å². The van der Waals surface area contributed by atoms with Gasteiger partial charge < -0.3 is 20.3 Å². The number of guanidine groups is 1. The molecule has 2 N–H and O–H groups in total. The van der Waals surface area contributed by atoms with Crippen LogP contribution >= 0.6 is 24.0 Å². The number of hydrogen-bond acceptors (Lipinski definition) is 4. The van der Waals surface area contributed by atoms with Gasteiger partial charge in [-0.25, -0.2) is 0 Å². The summed E-state index contributed by atoms with van der Waals surface area (Å²) in [5, 5.41) is 6.55. The lowest BCUT2D eigenvalue weighted by Crippen LogP contribution is -2.44. The van der Waals surface area contributed by atoms with Gasteiger partial charge in [-0.2, -0.15) is 0 Å². The first kappa shape index (κ1) is 23.2. The van der Waals surface area contributed by atoms with Gasteiger partial charge in [-0.05, 0) is 31.9 Å². The van der Waals surface area contributed by atoms with Crippen LogP contribution < -0.4 is 15.5 Å². The number of amides is 1. The van der Waals surface area contributed by atoms with Crippen molar-refractivity contribution in [1.82, 2.24) is 10.6 Å². The first-order valence-electron chi connectivity index (χ1n) is 9.11. The van der Waals surface area contributed by atoms with Crippen LogP contribution in [0.2, 0.25) is 0 Å². The Bertz CT molecular complexity index is 625. The molecule has 1 fully saturated rings. The summed E-state index contributed by atoms with van der Waals surface area (Å²) in [4.78, 5) is 29.7. The number of aliphatic imine (C=N–C) groups is 1. The van der Waals surface area contributed by atoms with Crippen molar-refractivity contribution < 1.29 is 14.3 Å². The second-order valence-corrected chi connectivity index (χ2v) is 6.18. The molecule has 0 aliphatic carbocycles. The van der Waals surface area contributed by atoms with E-state index in [2.05, 4.69) is 20.4 Å². The van der Waals surface area contributed by atoms with Gasteiger partial charge in [-0.3, -0.25) is 14.6 Å². The van der Waals surface area contributed by atoms with Crippen molar-refractivity contribution in [3.8, 4) is 0 Å². The molecular formula is C19H29IN4O3. The highest BCUT2D eigenvalue weighted by molar-refractivity contribution is 14.0. The molecule has 0 bridgehead atoms. The zero-order chi connectivity index (χ0) is 18.8. The van der Waals surface area contributed by atoms with E-state index in [0.29, 0.717) is 31.9 Å². The molecule has 1 saturated heterocycles. The zero-order valence-corrected chi connectivity index (χ0v) is 18.3. The van der Waals surface area contributed by atoms with E-state index in [9.17, 15) is 9.59 Å². The van der Waals surface area contributed by atoms with Crippen LogP contribution in [-0.4, -0.2) is 50.6 Å². The molecule has 150 valence electrons. The number of halogens is 1. The number of hydrogen-bond donors (Lipinski definition) is 2. The molecule has 0 spiro atoms. The van der Waals surface area contributed by atoms with Gasteiger partial charge in [-0.1, -0.05) is 18.2 Å². The second-order valence-electron chi connectivity index (χ2n) is 6.18. The number of carbonyl (C=O) groups is 2. The predicted molar refractivity (Wildman–Crippen MR) is 118 cm³/mol. The van der Waals surface area contributed by atoms with Crippen LogP contribution in [0, 0.1) is 0 Å². The minimum Gasteiger partial charge on any atom is -0.469 e. The van der Waals surface area contributed by atoms with E-state index in [1.165, 1.54) is 7.11 Å². The number of rotatable bonds is 8. The van der Waals surface area contributed by atoms with Crippen molar-refractivity contribution in [2.45, 2.75) is 38.6 Å². The number of anilines is 1. The summed E-state index contributed by atoms with van der Waals surface area (Å²) in [6.07, 6.45) is 2.42. The maximum absolute atomic E-state index is 12.3. The minimum absolute atomic E-state index is 0. The molecule has 0 saturated carbocycles. The molecule has 1 heterocycles. The minimum atomic E-state index is -0.190. The highest BCUT2D eigenvalue weighted by atomic mass is 127. The Balaban J connectivity index is 0.00000364. The normalized spacial score (nSPS) is 16.7. The van der Waals surface area contributed by atoms with Gasteiger partial charge >= 0.3 is 5.97 Å². The molecule has 1 amide bonds. The molecule has 27 heavy (non-hydrogen) atoms. The lowest BCUT2D eigenvalue weighted by atomic mass is 10.2. The van der Waals surface area contributed by atoms with Crippen molar-refractivity contribution >= 4 is 47.5 Å². The molecule has 1 aromatic rings. The quantitative estimate of drug-likeness (QED) is 0.193. The Morgan fingerprint density at radius 3 is 2.70 bits per heavy atom. The molecule has 0 radical (unpaired) electrons. The van der Waals surface area contributed by atoms with E-state index in [4.69, 9.17) is 0 Å². The number of carbonyl (C=O) groups excluding carboxylic acids is 2. The fraction of sp³-hybridized carbons (Fsp3) is 0.526. The van der Waals surface area contributed by atoms with Crippen molar-refractivity contribution in [3.05, 3.63) is 30.3 Å². The average molecular weight is 488 g/mol. The van der Waals surface area contributed by atoms with Crippen LogP contribution in [0.15, 0.2) is 35.3 Å². The first-order valence-corrected chi connectivity index (χ1v) is 9.11. The molecule has 1 unspecified atom stereocenters. The van der Waals surface area contributed by atoms with Crippen molar-refractivity contribution in [3.63, 3.8) is 0 Å². The van der Waals surface area contributed by atoms with Crippen LogP contribution in [-0.2, 0) is 14.3 Å². The van der Waals surface area contributed by atoms with Crippen molar-refractivity contribution in [2.75, 3.05) is 31.6 Å². The Hall–Kier alpha value is -1.84. The molecule has 1 aliphatic rings. The van der Waals surface area contributed by atoms with E-state index in [0.717, 1.165) is 25.1 Å². The summed E-state index contributed by atoms with van der Waals surface area (Å²) in [6, 6.07) is 9.72. The van der Waals surface area contributed by atoms with Gasteiger partial charge in [0.15, 0.2) is 5.96 Å². The second kappa shape index (κ2) is 12.5. The average Bonchev–Trinajstić information content (AvgIpc) is 3.02.